The van der Waals surface area contributed by atoms with Gasteiger partial charge < -0.3 is 10.4 Å². The van der Waals surface area contributed by atoms with Gasteiger partial charge in [0.2, 0.25) is 5.91 Å². The van der Waals surface area contributed by atoms with Crippen molar-refractivity contribution < 1.29 is 14.7 Å². The molecule has 0 aromatic heterocycles. The van der Waals surface area contributed by atoms with Gasteiger partial charge in [0.05, 0.1) is 12.5 Å². The molecule has 1 atom stereocenters. The summed E-state index contributed by atoms with van der Waals surface area (Å²) < 4.78 is 0.941. The van der Waals surface area contributed by atoms with Crippen molar-refractivity contribution in [2.45, 2.75) is 31.8 Å². The van der Waals surface area contributed by atoms with E-state index in [4.69, 9.17) is 0 Å². The zero-order valence-corrected chi connectivity index (χ0v) is 12.9. The van der Waals surface area contributed by atoms with Crippen LogP contribution < -0.4 is 5.32 Å². The van der Waals surface area contributed by atoms with Crippen molar-refractivity contribution in [3.63, 3.8) is 0 Å². The molecule has 0 radical (unpaired) electrons. The highest BCUT2D eigenvalue weighted by molar-refractivity contribution is 9.10. The lowest BCUT2D eigenvalue weighted by molar-refractivity contribution is -0.138. The predicted molar refractivity (Wildman–Crippen MR) is 79.1 cm³/mol. The molecule has 0 aliphatic heterocycles. The molecule has 2 N–H and O–H groups in total. The normalized spacial score (nSPS) is 18.2. The summed E-state index contributed by atoms with van der Waals surface area (Å²) in [6, 6.07) is 7.41. The molecule has 2 rings (SSSR count). The molecule has 108 valence electrons. The summed E-state index contributed by atoms with van der Waals surface area (Å²) in [4.78, 5) is 22.7. The zero-order valence-electron chi connectivity index (χ0n) is 11.4. The first-order chi connectivity index (χ1) is 9.44. The summed E-state index contributed by atoms with van der Waals surface area (Å²) in [6.07, 6.45) is 1.15. The average molecular weight is 340 g/mol. The van der Waals surface area contributed by atoms with E-state index in [0.29, 0.717) is 19.3 Å². The van der Waals surface area contributed by atoms with Crippen molar-refractivity contribution in [2.24, 2.45) is 5.92 Å². The van der Waals surface area contributed by atoms with Crippen LogP contribution in [-0.4, -0.2) is 23.3 Å². The smallest absolute Gasteiger partial charge is 0.224 e. The van der Waals surface area contributed by atoms with Crippen LogP contribution in [0.1, 0.15) is 31.7 Å². The fourth-order valence-electron chi connectivity index (χ4n) is 2.24. The van der Waals surface area contributed by atoms with Crippen LogP contribution in [0.2, 0.25) is 0 Å². The van der Waals surface area contributed by atoms with E-state index in [9.17, 15) is 14.7 Å². The van der Waals surface area contributed by atoms with Crippen LogP contribution >= 0.6 is 15.9 Å². The summed E-state index contributed by atoms with van der Waals surface area (Å²) in [5.74, 6) is -0.231. The largest absolute Gasteiger partial charge is 0.383 e. The quantitative estimate of drug-likeness (QED) is 0.863. The average Bonchev–Trinajstić information content (AvgIpc) is 2.41. The van der Waals surface area contributed by atoms with E-state index in [1.54, 1.807) is 0 Å². The molecular formula is C15H18BrNO3. The third-order valence-corrected chi connectivity index (χ3v) is 4.37. The summed E-state index contributed by atoms with van der Waals surface area (Å²) >= 11 is 3.35. The number of nitrogens with one attached hydrogen (secondary N) is 1. The van der Waals surface area contributed by atoms with Crippen LogP contribution in [0.25, 0.3) is 0 Å². The Morgan fingerprint density at radius 3 is 2.50 bits per heavy atom. The number of aliphatic hydroxyl groups is 1. The van der Waals surface area contributed by atoms with E-state index in [1.807, 2.05) is 31.2 Å². The fraction of sp³-hybridized carbons (Fsp3) is 0.467. The SMILES string of the molecule is CCC(O)(CNC(=O)C1CC(=O)C1)c1ccc(Br)cc1. The summed E-state index contributed by atoms with van der Waals surface area (Å²) in [5, 5.41) is 13.4. The summed E-state index contributed by atoms with van der Waals surface area (Å²) in [6.45, 7) is 2.04. The van der Waals surface area contributed by atoms with E-state index < -0.39 is 5.60 Å². The van der Waals surface area contributed by atoms with Gasteiger partial charge in [-0.2, -0.15) is 0 Å². The second-order valence-electron chi connectivity index (χ2n) is 5.25. The number of hydrogen-bond acceptors (Lipinski definition) is 3. The Morgan fingerprint density at radius 1 is 1.40 bits per heavy atom. The molecule has 1 aliphatic carbocycles. The van der Waals surface area contributed by atoms with E-state index in [0.717, 1.165) is 10.0 Å². The van der Waals surface area contributed by atoms with Crippen molar-refractivity contribution in [2.75, 3.05) is 6.54 Å². The minimum absolute atomic E-state index is 0.129. The molecule has 20 heavy (non-hydrogen) atoms. The van der Waals surface area contributed by atoms with Gasteiger partial charge in [0, 0.05) is 17.3 Å². The molecule has 1 aromatic rings. The molecule has 5 heteroatoms. The van der Waals surface area contributed by atoms with Gasteiger partial charge in [-0.05, 0) is 24.1 Å². The molecule has 1 fully saturated rings. The molecule has 1 aliphatic rings. The van der Waals surface area contributed by atoms with E-state index in [-0.39, 0.29) is 24.2 Å². The van der Waals surface area contributed by atoms with E-state index in [2.05, 4.69) is 21.2 Å². The van der Waals surface area contributed by atoms with Crippen LogP contribution in [0.3, 0.4) is 0 Å². The maximum Gasteiger partial charge on any atom is 0.224 e. The van der Waals surface area contributed by atoms with Crippen LogP contribution in [0.15, 0.2) is 28.7 Å². The van der Waals surface area contributed by atoms with Gasteiger partial charge in [0.25, 0.3) is 0 Å². The van der Waals surface area contributed by atoms with Gasteiger partial charge in [-0.3, -0.25) is 9.59 Å². The Labute approximate surface area is 126 Å². The van der Waals surface area contributed by atoms with E-state index >= 15 is 0 Å². The number of Topliss-reactive ketones (excluding diaryl/α,β-unsaturated/α-hetero) is 1. The van der Waals surface area contributed by atoms with Gasteiger partial charge >= 0.3 is 0 Å². The van der Waals surface area contributed by atoms with Crippen LogP contribution in [-0.2, 0) is 15.2 Å². The molecule has 4 nitrogen and oxygen atoms in total. The maximum atomic E-state index is 11.8. The highest BCUT2D eigenvalue weighted by atomic mass is 79.9. The first-order valence-corrected chi connectivity index (χ1v) is 7.52. The molecular weight excluding hydrogens is 322 g/mol. The maximum absolute atomic E-state index is 11.8. The van der Waals surface area contributed by atoms with Gasteiger partial charge in [-0.1, -0.05) is 35.0 Å². The van der Waals surface area contributed by atoms with Crippen molar-refractivity contribution in [1.29, 1.82) is 0 Å². The molecule has 0 saturated heterocycles. The van der Waals surface area contributed by atoms with Crippen molar-refractivity contribution in [3.8, 4) is 0 Å². The van der Waals surface area contributed by atoms with Gasteiger partial charge in [-0.25, -0.2) is 0 Å². The molecule has 0 bridgehead atoms. The topological polar surface area (TPSA) is 66.4 Å². The molecule has 1 amide bonds. The Balaban J connectivity index is 1.98. The molecule has 0 heterocycles. The van der Waals surface area contributed by atoms with Crippen LogP contribution in [0.4, 0.5) is 0 Å². The third-order valence-electron chi connectivity index (χ3n) is 3.84. The Kier molecular flexibility index (Phi) is 4.60. The van der Waals surface area contributed by atoms with Crippen molar-refractivity contribution >= 4 is 27.6 Å². The predicted octanol–water partition coefficient (Wildman–Crippen LogP) is 2.14. The van der Waals surface area contributed by atoms with Crippen molar-refractivity contribution in [1.82, 2.24) is 5.32 Å². The lowest BCUT2D eigenvalue weighted by Crippen LogP contribution is -2.45. The number of benzene rings is 1. The Morgan fingerprint density at radius 2 is 2.00 bits per heavy atom. The minimum atomic E-state index is -1.08. The lowest BCUT2D eigenvalue weighted by Gasteiger charge is -2.30. The highest BCUT2D eigenvalue weighted by Gasteiger charge is 2.34. The molecule has 0 spiro atoms. The molecule has 1 unspecified atom stereocenters. The summed E-state index contributed by atoms with van der Waals surface area (Å²) in [5.41, 5.74) is -0.308. The molecule has 1 aromatic carbocycles. The van der Waals surface area contributed by atoms with Gasteiger partial charge in [0.1, 0.15) is 11.4 Å². The second-order valence-corrected chi connectivity index (χ2v) is 6.17. The van der Waals surface area contributed by atoms with E-state index in [1.165, 1.54) is 0 Å². The van der Waals surface area contributed by atoms with Gasteiger partial charge in [-0.15, -0.1) is 0 Å². The zero-order chi connectivity index (χ0) is 14.8. The number of carbonyl (C=O) groups is 2. The molecule has 1 saturated carbocycles. The highest BCUT2D eigenvalue weighted by Crippen LogP contribution is 2.27. The lowest BCUT2D eigenvalue weighted by atomic mass is 9.83. The number of ketones is 1. The monoisotopic (exact) mass is 339 g/mol. The number of carbonyl (C=O) groups excluding carboxylic acids is 2. The summed E-state index contributed by atoms with van der Waals surface area (Å²) in [7, 11) is 0. The Bertz CT molecular complexity index is 506. The van der Waals surface area contributed by atoms with Crippen LogP contribution in [0.5, 0.6) is 0 Å². The van der Waals surface area contributed by atoms with Crippen LogP contribution in [0, 0.1) is 5.92 Å². The first-order valence-electron chi connectivity index (χ1n) is 6.72. The standard InChI is InChI=1S/C15H18BrNO3/c1-2-15(20,11-3-5-12(16)6-4-11)9-17-14(19)10-7-13(18)8-10/h3-6,10,20H,2,7-9H2,1H3,(H,17,19). The fourth-order valence-corrected chi connectivity index (χ4v) is 2.51. The number of amides is 1. The first kappa shape index (κ1) is 15.2. The van der Waals surface area contributed by atoms with Crippen molar-refractivity contribution in [3.05, 3.63) is 34.3 Å². The number of halogens is 1. The van der Waals surface area contributed by atoms with Gasteiger partial charge in [0.15, 0.2) is 0 Å². The number of hydrogen-bond donors (Lipinski definition) is 2. The second kappa shape index (κ2) is 6.06. The minimum Gasteiger partial charge on any atom is -0.383 e. The third kappa shape index (κ3) is 3.27. The number of rotatable bonds is 5. The Hall–Kier alpha value is -1.20.